The van der Waals surface area contributed by atoms with E-state index >= 15 is 0 Å². The largest absolute Gasteiger partial charge is 0.393 e. The zero-order valence-electron chi connectivity index (χ0n) is 26.0. The number of hydrogen-bond acceptors (Lipinski definition) is 4. The molecule has 226 valence electrons. The number of hydrogen-bond donors (Lipinski definition) is 4. The van der Waals surface area contributed by atoms with Crippen LogP contribution in [-0.4, -0.2) is 46.2 Å². The molecule has 4 N–H and O–H groups in total. The lowest BCUT2D eigenvalue weighted by Gasteiger charge is -2.70. The summed E-state index contributed by atoms with van der Waals surface area (Å²) < 4.78 is 0. The topological polar surface area (TPSA) is 72.7 Å². The molecule has 0 heterocycles. The van der Waals surface area contributed by atoms with Gasteiger partial charge in [-0.2, -0.15) is 0 Å². The minimum absolute atomic E-state index is 0.0228. The monoisotopic (exact) mass is 573 g/mol. The molecule has 0 aliphatic heterocycles. The SMILES string of the molecule is CC1(C)C2CC[C@]3(C)C(C[C@@H](O)C4[C@@H]([C@@](C)(O)CCCNCCc5ccc(Cl)cc5)CC[C@]43C)[C@@]2(C)CC[C@@H]1O. The second-order valence-corrected chi connectivity index (χ2v) is 16.4. The fraction of sp³-hybridized carbons (Fsp3) is 0.829. The van der Waals surface area contributed by atoms with Crippen molar-refractivity contribution in [2.45, 2.75) is 124 Å². The van der Waals surface area contributed by atoms with Crippen molar-refractivity contribution in [3.63, 3.8) is 0 Å². The lowest BCUT2D eigenvalue weighted by Crippen LogP contribution is -2.66. The van der Waals surface area contributed by atoms with Crippen LogP contribution in [0, 0.1) is 45.3 Å². The fourth-order valence-corrected chi connectivity index (χ4v) is 11.3. The van der Waals surface area contributed by atoms with Crippen LogP contribution in [0.15, 0.2) is 24.3 Å². The van der Waals surface area contributed by atoms with Crippen LogP contribution in [0.5, 0.6) is 0 Å². The van der Waals surface area contributed by atoms with Gasteiger partial charge in [0.15, 0.2) is 0 Å². The highest BCUT2D eigenvalue weighted by Gasteiger charge is 2.71. The number of aliphatic hydroxyl groups excluding tert-OH is 2. The Morgan fingerprint density at radius 3 is 2.27 bits per heavy atom. The van der Waals surface area contributed by atoms with Crippen molar-refractivity contribution < 1.29 is 15.3 Å². The van der Waals surface area contributed by atoms with Crippen molar-refractivity contribution in [1.29, 1.82) is 0 Å². The lowest BCUT2D eigenvalue weighted by molar-refractivity contribution is -0.246. The summed E-state index contributed by atoms with van der Waals surface area (Å²) in [5.41, 5.74) is 0.736. The summed E-state index contributed by atoms with van der Waals surface area (Å²) in [5.74, 6) is 1.22. The quantitative estimate of drug-likeness (QED) is 0.252. The minimum atomic E-state index is -0.775. The van der Waals surface area contributed by atoms with Gasteiger partial charge >= 0.3 is 0 Å². The summed E-state index contributed by atoms with van der Waals surface area (Å²) in [4.78, 5) is 0. The number of halogens is 1. The Bertz CT molecular complexity index is 1040. The molecule has 3 unspecified atom stereocenters. The van der Waals surface area contributed by atoms with E-state index in [1.54, 1.807) is 0 Å². The Morgan fingerprint density at radius 2 is 1.57 bits per heavy atom. The second-order valence-electron chi connectivity index (χ2n) is 15.9. The molecule has 4 aliphatic rings. The molecule has 0 aromatic heterocycles. The van der Waals surface area contributed by atoms with Crippen LogP contribution >= 0.6 is 11.6 Å². The Kier molecular flexibility index (Phi) is 8.32. The van der Waals surface area contributed by atoms with Crippen molar-refractivity contribution in [2.75, 3.05) is 13.1 Å². The van der Waals surface area contributed by atoms with Crippen LogP contribution in [0.2, 0.25) is 5.02 Å². The van der Waals surface area contributed by atoms with Crippen molar-refractivity contribution in [3.8, 4) is 0 Å². The molecule has 10 atom stereocenters. The van der Waals surface area contributed by atoms with Gasteiger partial charge in [-0.05, 0) is 147 Å². The van der Waals surface area contributed by atoms with E-state index in [1.165, 1.54) is 12.0 Å². The predicted octanol–water partition coefficient (Wildman–Crippen LogP) is 7.02. The van der Waals surface area contributed by atoms with Gasteiger partial charge in [0.25, 0.3) is 0 Å². The van der Waals surface area contributed by atoms with Gasteiger partial charge in [0, 0.05) is 5.02 Å². The number of nitrogens with one attached hydrogen (secondary N) is 1. The smallest absolute Gasteiger partial charge is 0.0652 e. The highest BCUT2D eigenvalue weighted by molar-refractivity contribution is 6.30. The maximum absolute atomic E-state index is 11.9. The summed E-state index contributed by atoms with van der Waals surface area (Å²) in [6.45, 7) is 15.9. The molecule has 4 nitrogen and oxygen atoms in total. The number of rotatable bonds is 8. The zero-order chi connectivity index (χ0) is 29.1. The van der Waals surface area contributed by atoms with Crippen LogP contribution in [0.1, 0.15) is 105 Å². The minimum Gasteiger partial charge on any atom is -0.393 e. The molecule has 1 aromatic rings. The first-order valence-corrected chi connectivity index (χ1v) is 16.6. The summed E-state index contributed by atoms with van der Waals surface area (Å²) in [5, 5.41) is 39.0. The number of fused-ring (bicyclic) bond motifs is 5. The molecule has 0 amide bonds. The van der Waals surface area contributed by atoms with Crippen molar-refractivity contribution >= 4 is 11.6 Å². The summed E-state index contributed by atoms with van der Waals surface area (Å²) in [6, 6.07) is 8.05. The van der Waals surface area contributed by atoms with Crippen LogP contribution in [0.3, 0.4) is 0 Å². The predicted molar refractivity (Wildman–Crippen MR) is 164 cm³/mol. The van der Waals surface area contributed by atoms with E-state index in [0.717, 1.165) is 75.9 Å². The Balaban J connectivity index is 1.24. The van der Waals surface area contributed by atoms with E-state index < -0.39 is 5.60 Å². The fourth-order valence-electron chi connectivity index (χ4n) is 11.2. The van der Waals surface area contributed by atoms with E-state index in [1.807, 2.05) is 19.1 Å². The van der Waals surface area contributed by atoms with Crippen molar-refractivity contribution in [2.24, 2.45) is 45.3 Å². The number of benzene rings is 1. The molecule has 0 saturated heterocycles. The molecule has 0 bridgehead atoms. The van der Waals surface area contributed by atoms with Crippen LogP contribution in [0.4, 0.5) is 0 Å². The van der Waals surface area contributed by atoms with Gasteiger partial charge in [-0.15, -0.1) is 0 Å². The van der Waals surface area contributed by atoms with Crippen molar-refractivity contribution in [3.05, 3.63) is 34.9 Å². The molecule has 4 fully saturated rings. The van der Waals surface area contributed by atoms with Gasteiger partial charge in [0.1, 0.15) is 0 Å². The standard InChI is InChI=1S/C35H56ClNO3/c1-31(2)27-13-19-33(4)28(32(27,3)17-14-29(31)39)22-26(38)30-25(12-18-34(30,33)5)35(6,40)16-7-20-37-21-15-23-8-10-24(36)11-9-23/h8-11,25-30,37-40H,7,12-22H2,1-6H3/t25-,26+,27?,28?,29-,30?,32-,33+,34+,35-/m0/s1. The van der Waals surface area contributed by atoms with E-state index in [4.69, 9.17) is 11.6 Å². The normalized spacial score (nSPS) is 43.9. The Morgan fingerprint density at radius 1 is 0.900 bits per heavy atom. The molecule has 40 heavy (non-hydrogen) atoms. The average molecular weight is 574 g/mol. The summed E-state index contributed by atoms with van der Waals surface area (Å²) in [7, 11) is 0. The van der Waals surface area contributed by atoms with Gasteiger partial charge in [0.2, 0.25) is 0 Å². The maximum Gasteiger partial charge on any atom is 0.0652 e. The van der Waals surface area contributed by atoms with E-state index in [2.05, 4.69) is 52.1 Å². The van der Waals surface area contributed by atoms with Crippen LogP contribution in [0.25, 0.3) is 0 Å². The van der Waals surface area contributed by atoms with E-state index in [-0.39, 0.29) is 45.7 Å². The van der Waals surface area contributed by atoms with Gasteiger partial charge in [0.05, 0.1) is 17.8 Å². The molecule has 0 spiro atoms. The van der Waals surface area contributed by atoms with Gasteiger partial charge in [-0.25, -0.2) is 0 Å². The molecule has 4 aliphatic carbocycles. The van der Waals surface area contributed by atoms with Gasteiger partial charge < -0.3 is 20.6 Å². The third-order valence-corrected chi connectivity index (χ3v) is 14.0. The summed E-state index contributed by atoms with van der Waals surface area (Å²) in [6.07, 6.45) is 9.25. The molecular formula is C35H56ClNO3. The Hall–Kier alpha value is -0.650. The van der Waals surface area contributed by atoms with E-state index in [9.17, 15) is 15.3 Å². The molecule has 5 heteroatoms. The maximum atomic E-state index is 11.9. The Labute approximate surface area is 248 Å². The molecule has 1 aromatic carbocycles. The molecule has 0 radical (unpaired) electrons. The van der Waals surface area contributed by atoms with Gasteiger partial charge in [-0.3, -0.25) is 0 Å². The van der Waals surface area contributed by atoms with Crippen LogP contribution < -0.4 is 5.32 Å². The second kappa shape index (κ2) is 10.8. The van der Waals surface area contributed by atoms with E-state index in [0.29, 0.717) is 11.8 Å². The first-order valence-electron chi connectivity index (χ1n) is 16.2. The highest BCUT2D eigenvalue weighted by atomic mass is 35.5. The van der Waals surface area contributed by atoms with Gasteiger partial charge in [-0.1, -0.05) is 58.4 Å². The van der Waals surface area contributed by atoms with Crippen LogP contribution in [-0.2, 0) is 6.42 Å². The lowest BCUT2D eigenvalue weighted by atomic mass is 9.35. The molecule has 5 rings (SSSR count). The molecule has 4 saturated carbocycles. The first-order chi connectivity index (χ1) is 18.7. The third-order valence-electron chi connectivity index (χ3n) is 13.7. The average Bonchev–Trinajstić information content (AvgIpc) is 3.27. The first kappa shape index (κ1) is 30.8. The molecular weight excluding hydrogens is 518 g/mol. The highest BCUT2D eigenvalue weighted by Crippen LogP contribution is 2.75. The zero-order valence-corrected chi connectivity index (χ0v) is 26.7. The summed E-state index contributed by atoms with van der Waals surface area (Å²) >= 11 is 6.00. The van der Waals surface area contributed by atoms with Crippen molar-refractivity contribution in [1.82, 2.24) is 5.32 Å². The number of aliphatic hydroxyl groups is 3. The third kappa shape index (κ3) is 4.90.